The molecule has 1 aliphatic heterocycles. The van der Waals surface area contributed by atoms with E-state index in [1.807, 2.05) is 0 Å². The van der Waals surface area contributed by atoms with Gasteiger partial charge in [0, 0.05) is 18.0 Å². The molecular formula is C8H17OP. The van der Waals surface area contributed by atoms with Gasteiger partial charge in [-0.3, -0.25) is 0 Å². The second-order valence-corrected chi connectivity index (χ2v) is 7.39. The molecule has 10 heavy (non-hydrogen) atoms. The lowest BCUT2D eigenvalue weighted by Crippen LogP contribution is -2.10. The van der Waals surface area contributed by atoms with E-state index in [0.29, 0.717) is 5.66 Å². The molecule has 0 radical (unpaired) electrons. The minimum atomic E-state index is -1.69. The topological polar surface area (TPSA) is 17.1 Å². The van der Waals surface area contributed by atoms with Crippen molar-refractivity contribution in [2.45, 2.75) is 38.8 Å². The van der Waals surface area contributed by atoms with E-state index in [0.717, 1.165) is 12.3 Å². The minimum Gasteiger partial charge on any atom is -0.323 e. The third kappa shape index (κ3) is 1.63. The van der Waals surface area contributed by atoms with Crippen LogP contribution in [0.4, 0.5) is 0 Å². The number of hydrogen-bond acceptors (Lipinski definition) is 1. The van der Waals surface area contributed by atoms with Gasteiger partial charge in [-0.05, 0) is 12.8 Å². The molecule has 60 valence electrons. The van der Waals surface area contributed by atoms with Crippen LogP contribution in [0.25, 0.3) is 0 Å². The van der Waals surface area contributed by atoms with E-state index in [2.05, 4.69) is 13.8 Å². The minimum absolute atomic E-state index is 0.438. The standard InChI is InChI=1S/C8H17OP/c1-8(2)10(9)6-4-3-5-7-10/h8H,3-7H2,1-2H3. The van der Waals surface area contributed by atoms with E-state index < -0.39 is 7.14 Å². The van der Waals surface area contributed by atoms with Crippen LogP contribution in [0.15, 0.2) is 0 Å². The molecule has 0 amide bonds. The summed E-state index contributed by atoms with van der Waals surface area (Å²) in [4.78, 5) is 0. The summed E-state index contributed by atoms with van der Waals surface area (Å²) in [6.45, 7) is 4.21. The predicted octanol–water partition coefficient (Wildman–Crippen LogP) is 2.94. The highest BCUT2D eigenvalue weighted by molar-refractivity contribution is 7.64. The van der Waals surface area contributed by atoms with Crippen molar-refractivity contribution in [3.63, 3.8) is 0 Å². The Morgan fingerprint density at radius 1 is 1.10 bits per heavy atom. The molecule has 0 bridgehead atoms. The van der Waals surface area contributed by atoms with E-state index >= 15 is 0 Å². The Hall–Kier alpha value is 0.230. The predicted molar refractivity (Wildman–Crippen MR) is 46.3 cm³/mol. The van der Waals surface area contributed by atoms with Crippen molar-refractivity contribution >= 4 is 7.14 Å². The molecule has 1 heterocycles. The molecular weight excluding hydrogens is 143 g/mol. The molecule has 0 aromatic rings. The maximum absolute atomic E-state index is 11.9. The van der Waals surface area contributed by atoms with Gasteiger partial charge in [0.25, 0.3) is 0 Å². The SMILES string of the molecule is CC(C)P1(=O)CCCCC1. The van der Waals surface area contributed by atoms with Crippen LogP contribution in [0.2, 0.25) is 0 Å². The highest BCUT2D eigenvalue weighted by Crippen LogP contribution is 2.54. The zero-order valence-corrected chi connectivity index (χ0v) is 7.86. The van der Waals surface area contributed by atoms with Crippen LogP contribution < -0.4 is 0 Å². The molecule has 1 saturated heterocycles. The van der Waals surface area contributed by atoms with E-state index in [1.165, 1.54) is 19.3 Å². The number of hydrogen-bond donors (Lipinski definition) is 0. The van der Waals surface area contributed by atoms with Crippen LogP contribution in [0.1, 0.15) is 33.1 Å². The smallest absolute Gasteiger partial charge is 0.0901 e. The van der Waals surface area contributed by atoms with Gasteiger partial charge in [0.1, 0.15) is 0 Å². The lowest BCUT2D eigenvalue weighted by atomic mass is 10.3. The summed E-state index contributed by atoms with van der Waals surface area (Å²) >= 11 is 0. The van der Waals surface area contributed by atoms with Gasteiger partial charge >= 0.3 is 0 Å². The highest BCUT2D eigenvalue weighted by Gasteiger charge is 2.27. The van der Waals surface area contributed by atoms with Crippen molar-refractivity contribution in [1.82, 2.24) is 0 Å². The van der Waals surface area contributed by atoms with Crippen LogP contribution >= 0.6 is 7.14 Å². The monoisotopic (exact) mass is 160 g/mol. The summed E-state index contributed by atoms with van der Waals surface area (Å²) in [7, 11) is -1.69. The summed E-state index contributed by atoms with van der Waals surface area (Å²) in [5.74, 6) is 0. The van der Waals surface area contributed by atoms with Crippen molar-refractivity contribution < 1.29 is 4.57 Å². The first-order valence-electron chi connectivity index (χ1n) is 4.23. The molecule has 0 unspecified atom stereocenters. The summed E-state index contributed by atoms with van der Waals surface area (Å²) in [5, 5.41) is 0. The Morgan fingerprint density at radius 2 is 1.60 bits per heavy atom. The Balaban J connectivity index is 2.57. The number of rotatable bonds is 1. The van der Waals surface area contributed by atoms with E-state index in [-0.39, 0.29) is 0 Å². The molecule has 0 aromatic carbocycles. The quantitative estimate of drug-likeness (QED) is 0.539. The van der Waals surface area contributed by atoms with Gasteiger partial charge in [-0.25, -0.2) is 0 Å². The normalized spacial score (nSPS) is 25.1. The summed E-state index contributed by atoms with van der Waals surface area (Å²) in [5.41, 5.74) is 0.438. The van der Waals surface area contributed by atoms with Gasteiger partial charge < -0.3 is 4.57 Å². The first kappa shape index (κ1) is 8.33. The van der Waals surface area contributed by atoms with Crippen LogP contribution in [0.3, 0.4) is 0 Å². The average molecular weight is 160 g/mol. The lowest BCUT2D eigenvalue weighted by Gasteiger charge is -2.25. The third-order valence-corrected chi connectivity index (χ3v) is 6.54. The molecule has 0 saturated carbocycles. The molecule has 1 nitrogen and oxygen atoms in total. The van der Waals surface area contributed by atoms with Crippen LogP contribution in [0.5, 0.6) is 0 Å². The van der Waals surface area contributed by atoms with Gasteiger partial charge in [-0.1, -0.05) is 20.3 Å². The van der Waals surface area contributed by atoms with Crippen molar-refractivity contribution in [3.8, 4) is 0 Å². The fourth-order valence-corrected chi connectivity index (χ4v) is 4.34. The van der Waals surface area contributed by atoms with Crippen molar-refractivity contribution in [3.05, 3.63) is 0 Å². The van der Waals surface area contributed by atoms with Crippen LogP contribution in [-0.2, 0) is 4.57 Å². The van der Waals surface area contributed by atoms with Gasteiger partial charge in [0.05, 0.1) is 7.14 Å². The fourth-order valence-electron chi connectivity index (χ4n) is 1.56. The Labute approximate surface area is 63.6 Å². The second kappa shape index (κ2) is 3.09. The van der Waals surface area contributed by atoms with E-state index in [9.17, 15) is 4.57 Å². The third-order valence-electron chi connectivity index (χ3n) is 2.51. The van der Waals surface area contributed by atoms with E-state index in [4.69, 9.17) is 0 Å². The summed E-state index contributed by atoms with van der Waals surface area (Å²) < 4.78 is 11.9. The average Bonchev–Trinajstić information content (AvgIpc) is 1.89. The molecule has 1 aliphatic rings. The first-order valence-corrected chi connectivity index (χ1v) is 6.37. The fraction of sp³-hybridized carbons (Fsp3) is 1.00. The Morgan fingerprint density at radius 3 is 1.90 bits per heavy atom. The Bertz CT molecular complexity index is 141. The molecule has 1 rings (SSSR count). The molecule has 0 aliphatic carbocycles. The maximum Gasteiger partial charge on any atom is 0.0901 e. The molecule has 2 heteroatoms. The van der Waals surface area contributed by atoms with Gasteiger partial charge in [-0.2, -0.15) is 0 Å². The van der Waals surface area contributed by atoms with Crippen molar-refractivity contribution in [2.24, 2.45) is 0 Å². The maximum atomic E-state index is 11.9. The Kier molecular flexibility index (Phi) is 2.57. The first-order chi connectivity index (χ1) is 4.65. The van der Waals surface area contributed by atoms with Gasteiger partial charge in [0.2, 0.25) is 0 Å². The molecule has 1 fully saturated rings. The molecule has 0 N–H and O–H groups in total. The zero-order chi connectivity index (χ0) is 7.61. The van der Waals surface area contributed by atoms with Gasteiger partial charge in [-0.15, -0.1) is 0 Å². The lowest BCUT2D eigenvalue weighted by molar-refractivity contribution is 0.552. The van der Waals surface area contributed by atoms with Crippen LogP contribution in [-0.4, -0.2) is 18.0 Å². The second-order valence-electron chi connectivity index (χ2n) is 3.55. The summed E-state index contributed by atoms with van der Waals surface area (Å²) in [6.07, 6.45) is 5.75. The van der Waals surface area contributed by atoms with Crippen molar-refractivity contribution in [1.29, 1.82) is 0 Å². The zero-order valence-electron chi connectivity index (χ0n) is 6.97. The van der Waals surface area contributed by atoms with Crippen LogP contribution in [0, 0.1) is 0 Å². The molecule has 0 aromatic heterocycles. The van der Waals surface area contributed by atoms with Gasteiger partial charge in [0.15, 0.2) is 0 Å². The largest absolute Gasteiger partial charge is 0.323 e. The summed E-state index contributed by atoms with van der Waals surface area (Å²) in [6, 6.07) is 0. The highest BCUT2D eigenvalue weighted by atomic mass is 31.2. The molecule has 0 spiro atoms. The van der Waals surface area contributed by atoms with Crippen molar-refractivity contribution in [2.75, 3.05) is 12.3 Å². The van der Waals surface area contributed by atoms with E-state index in [1.54, 1.807) is 0 Å². The molecule has 0 atom stereocenters.